The molecule has 0 aromatic heterocycles. The second-order valence-corrected chi connectivity index (χ2v) is 7.90. The zero-order chi connectivity index (χ0) is 20.8. The Morgan fingerprint density at radius 2 is 1.69 bits per heavy atom. The van der Waals surface area contributed by atoms with Gasteiger partial charge in [0.2, 0.25) is 5.60 Å². The van der Waals surface area contributed by atoms with Crippen molar-refractivity contribution in [3.8, 4) is 0 Å². The van der Waals surface area contributed by atoms with E-state index < -0.39 is 53.5 Å². The lowest BCUT2D eigenvalue weighted by molar-refractivity contribution is -0.433. The molecular weight excluding hydrogens is 363 g/mol. The zero-order valence-electron chi connectivity index (χ0n) is 16.1. The molecule has 0 aromatic carbocycles. The third-order valence-corrected chi connectivity index (χ3v) is 5.05. The van der Waals surface area contributed by atoms with Crippen LogP contribution in [0.4, 0.5) is 22.0 Å². The summed E-state index contributed by atoms with van der Waals surface area (Å²) in [6, 6.07) is 0. The van der Waals surface area contributed by atoms with E-state index in [4.69, 9.17) is 9.47 Å². The fraction of sp³-hybridized carbons (Fsp3) is 0.941. The molecule has 0 aromatic rings. The first-order valence-electron chi connectivity index (χ1n) is 8.47. The summed E-state index contributed by atoms with van der Waals surface area (Å²) in [6.45, 7) is 8.46. The van der Waals surface area contributed by atoms with Gasteiger partial charge >= 0.3 is 23.9 Å². The number of rotatable bonds is 6. The number of hydrogen-bond acceptors (Lipinski definition) is 4. The van der Waals surface area contributed by atoms with Crippen molar-refractivity contribution in [2.45, 2.75) is 84.5 Å². The van der Waals surface area contributed by atoms with E-state index in [9.17, 15) is 18.0 Å². The molecule has 0 saturated carbocycles. The highest BCUT2D eigenvalue weighted by Crippen LogP contribution is 2.57. The van der Waals surface area contributed by atoms with Crippen molar-refractivity contribution in [2.75, 3.05) is 6.61 Å². The predicted molar refractivity (Wildman–Crippen MR) is 83.6 cm³/mol. The van der Waals surface area contributed by atoms with Crippen LogP contribution in [0.1, 0.15) is 54.9 Å². The molecule has 1 aliphatic heterocycles. The van der Waals surface area contributed by atoms with E-state index in [0.29, 0.717) is 0 Å². The Balaban J connectivity index is 3.32. The van der Waals surface area contributed by atoms with Crippen LogP contribution in [-0.4, -0.2) is 42.2 Å². The number of halogens is 5. The minimum Gasteiger partial charge on any atom is -0.450 e. The minimum atomic E-state index is -5.54. The summed E-state index contributed by atoms with van der Waals surface area (Å²) in [4.78, 5) is 12.2. The summed E-state index contributed by atoms with van der Waals surface area (Å²) in [6.07, 6.45) is -6.45. The first-order valence-corrected chi connectivity index (χ1v) is 8.47. The maximum atomic E-state index is 15.0. The van der Waals surface area contributed by atoms with Crippen LogP contribution in [0.5, 0.6) is 0 Å². The second-order valence-electron chi connectivity index (χ2n) is 7.90. The Morgan fingerprint density at radius 3 is 2.08 bits per heavy atom. The molecule has 26 heavy (non-hydrogen) atoms. The van der Waals surface area contributed by atoms with E-state index in [2.05, 4.69) is 4.74 Å². The van der Waals surface area contributed by atoms with Gasteiger partial charge in [-0.15, -0.1) is 0 Å². The number of esters is 1. The summed E-state index contributed by atoms with van der Waals surface area (Å²) in [5.41, 5.74) is -3.95. The van der Waals surface area contributed by atoms with Crippen LogP contribution in [0, 0.1) is 11.3 Å². The monoisotopic (exact) mass is 390 g/mol. The highest BCUT2D eigenvalue weighted by Gasteiger charge is 2.84. The van der Waals surface area contributed by atoms with E-state index in [1.165, 1.54) is 34.6 Å². The van der Waals surface area contributed by atoms with Gasteiger partial charge in [-0.2, -0.15) is 22.0 Å². The van der Waals surface area contributed by atoms with Gasteiger partial charge in [-0.25, -0.2) is 0 Å². The highest BCUT2D eigenvalue weighted by molar-refractivity contribution is 5.76. The van der Waals surface area contributed by atoms with Gasteiger partial charge in [-0.05, 0) is 40.0 Å². The van der Waals surface area contributed by atoms with Crippen molar-refractivity contribution in [2.24, 2.45) is 11.3 Å². The lowest BCUT2D eigenvalue weighted by Crippen LogP contribution is -2.66. The van der Waals surface area contributed by atoms with Crippen LogP contribution in [0.25, 0.3) is 0 Å². The smallest absolute Gasteiger partial charge is 0.450 e. The van der Waals surface area contributed by atoms with Gasteiger partial charge in [0.05, 0.1) is 18.1 Å². The number of carbonyl (C=O) groups is 1. The average molecular weight is 390 g/mol. The van der Waals surface area contributed by atoms with Crippen LogP contribution in [0.15, 0.2) is 0 Å². The Morgan fingerprint density at radius 1 is 1.19 bits per heavy atom. The predicted octanol–water partition coefficient (Wildman–Crippen LogP) is 4.71. The first-order chi connectivity index (χ1) is 11.5. The zero-order valence-corrected chi connectivity index (χ0v) is 16.1. The minimum absolute atomic E-state index is 0.264. The number of alkyl halides is 5. The van der Waals surface area contributed by atoms with Crippen LogP contribution in [-0.2, 0) is 19.0 Å². The Hall–Kier alpha value is -0.960. The van der Waals surface area contributed by atoms with Crippen molar-refractivity contribution < 1.29 is 41.0 Å². The molecule has 0 aliphatic carbocycles. The molecule has 0 radical (unpaired) electrons. The molecule has 0 spiro atoms. The van der Waals surface area contributed by atoms with Gasteiger partial charge in [0, 0.05) is 0 Å². The summed E-state index contributed by atoms with van der Waals surface area (Å²) < 4.78 is 85.2. The topological polar surface area (TPSA) is 44.8 Å². The number of hydrogen-bond donors (Lipinski definition) is 0. The van der Waals surface area contributed by atoms with Crippen molar-refractivity contribution in [3.63, 3.8) is 0 Å². The quantitative estimate of drug-likeness (QED) is 0.487. The summed E-state index contributed by atoms with van der Waals surface area (Å²) in [5, 5.41) is 0. The van der Waals surface area contributed by atoms with E-state index in [1.54, 1.807) is 6.92 Å². The third kappa shape index (κ3) is 3.56. The van der Waals surface area contributed by atoms with Gasteiger partial charge < -0.3 is 14.2 Å². The maximum absolute atomic E-state index is 15.0. The molecule has 1 fully saturated rings. The van der Waals surface area contributed by atoms with Crippen molar-refractivity contribution in [3.05, 3.63) is 0 Å². The molecule has 9 heteroatoms. The number of ether oxygens (including phenoxy) is 3. The molecule has 0 N–H and O–H groups in total. The van der Waals surface area contributed by atoms with Crippen LogP contribution in [0.3, 0.4) is 0 Å². The fourth-order valence-electron chi connectivity index (χ4n) is 2.18. The maximum Gasteiger partial charge on any atom is 0.450 e. The molecule has 154 valence electrons. The standard InChI is InChI=1S/C17H27F5O4/c1-8-13(5,6)12(23)26-14(7)9-24-16(15(14,18)19,17(20,21)22)25-11(4)10(2)3/h10-11H,8-9H2,1-7H3. The average Bonchev–Trinajstić information content (AvgIpc) is 2.67. The SMILES string of the molecule is CCC(C)(C)C(=O)OC1(C)COC(OC(C)C(C)C)(C(F)(F)F)C1(F)F. The van der Waals surface area contributed by atoms with Gasteiger partial charge in [-0.1, -0.05) is 20.8 Å². The van der Waals surface area contributed by atoms with Crippen molar-refractivity contribution >= 4 is 5.97 Å². The van der Waals surface area contributed by atoms with Crippen molar-refractivity contribution in [1.82, 2.24) is 0 Å². The lowest BCUT2D eigenvalue weighted by atomic mass is 9.89. The largest absolute Gasteiger partial charge is 0.450 e. The lowest BCUT2D eigenvalue weighted by Gasteiger charge is -2.41. The molecule has 1 heterocycles. The third-order valence-electron chi connectivity index (χ3n) is 5.05. The molecule has 4 nitrogen and oxygen atoms in total. The summed E-state index contributed by atoms with van der Waals surface area (Å²) >= 11 is 0. The molecule has 0 bridgehead atoms. The Labute approximate surface area is 150 Å². The van der Waals surface area contributed by atoms with Crippen LogP contribution in [0.2, 0.25) is 0 Å². The van der Waals surface area contributed by atoms with Crippen LogP contribution >= 0.6 is 0 Å². The molecule has 1 aliphatic rings. The Kier molecular flexibility index (Phi) is 6.12. The van der Waals surface area contributed by atoms with Gasteiger partial charge in [0.15, 0.2) is 0 Å². The van der Waals surface area contributed by atoms with Crippen molar-refractivity contribution in [1.29, 1.82) is 0 Å². The van der Waals surface area contributed by atoms with E-state index >= 15 is 8.78 Å². The number of carbonyl (C=O) groups excluding carboxylic acids is 1. The molecule has 3 unspecified atom stereocenters. The Bertz CT molecular complexity index is 532. The van der Waals surface area contributed by atoms with E-state index in [0.717, 1.165) is 6.92 Å². The molecule has 1 rings (SSSR count). The summed E-state index contributed by atoms with van der Waals surface area (Å²) in [5.74, 6) is -10.3. The van der Waals surface area contributed by atoms with E-state index in [1.807, 2.05) is 0 Å². The van der Waals surface area contributed by atoms with Gasteiger partial charge in [-0.3, -0.25) is 4.79 Å². The highest BCUT2D eigenvalue weighted by atomic mass is 19.4. The van der Waals surface area contributed by atoms with Gasteiger partial charge in [0.1, 0.15) is 0 Å². The summed E-state index contributed by atoms with van der Waals surface area (Å²) in [7, 11) is 0. The van der Waals surface area contributed by atoms with Gasteiger partial charge in [0.25, 0.3) is 0 Å². The molecule has 3 atom stereocenters. The van der Waals surface area contributed by atoms with E-state index in [-0.39, 0.29) is 6.42 Å². The molecular formula is C17H27F5O4. The molecule has 1 saturated heterocycles. The first kappa shape index (κ1) is 23.1. The fourth-order valence-corrected chi connectivity index (χ4v) is 2.18. The second kappa shape index (κ2) is 6.89. The van der Waals surface area contributed by atoms with Crippen LogP contribution < -0.4 is 0 Å². The molecule has 0 amide bonds. The normalized spacial score (nSPS) is 30.5.